The third-order valence-electron chi connectivity index (χ3n) is 4.93. The number of aliphatic hydroxyl groups is 1. The quantitative estimate of drug-likeness (QED) is 0.686. The lowest BCUT2D eigenvalue weighted by atomic mass is 9.87. The molecule has 0 amide bonds. The van der Waals surface area contributed by atoms with Crippen molar-refractivity contribution in [3.05, 3.63) is 0 Å². The molecule has 19 heavy (non-hydrogen) atoms. The Balaban J connectivity index is 1.62. The van der Waals surface area contributed by atoms with E-state index in [0.29, 0.717) is 10.5 Å². The lowest BCUT2D eigenvalue weighted by Gasteiger charge is -2.36. The van der Waals surface area contributed by atoms with Crippen LogP contribution in [-0.2, 0) is 10.8 Å². The van der Waals surface area contributed by atoms with Crippen LogP contribution >= 0.6 is 0 Å². The van der Waals surface area contributed by atoms with Gasteiger partial charge in [0.05, 0.1) is 5.60 Å². The van der Waals surface area contributed by atoms with Crippen LogP contribution in [0, 0.1) is 0 Å². The first kappa shape index (κ1) is 15.5. The predicted octanol–water partition coefficient (Wildman–Crippen LogP) is 3.93. The molecular weight excluding hydrogens is 256 g/mol. The summed E-state index contributed by atoms with van der Waals surface area (Å²) in [6.45, 7) is 2.25. The van der Waals surface area contributed by atoms with Crippen molar-refractivity contribution in [3.8, 4) is 0 Å². The van der Waals surface area contributed by atoms with Crippen LogP contribution in [0.25, 0.3) is 0 Å². The lowest BCUT2D eigenvalue weighted by molar-refractivity contribution is 0.0119. The van der Waals surface area contributed by atoms with E-state index in [1.165, 1.54) is 38.5 Å². The molecule has 1 N–H and O–H groups in total. The van der Waals surface area contributed by atoms with Gasteiger partial charge in [-0.05, 0) is 32.1 Å². The van der Waals surface area contributed by atoms with Gasteiger partial charge in [-0.2, -0.15) is 0 Å². The van der Waals surface area contributed by atoms with Gasteiger partial charge >= 0.3 is 0 Å². The van der Waals surface area contributed by atoms with Crippen LogP contribution < -0.4 is 0 Å². The Morgan fingerprint density at radius 2 is 1.53 bits per heavy atom. The van der Waals surface area contributed by atoms with Gasteiger partial charge in [0, 0.05) is 21.3 Å². The van der Waals surface area contributed by atoms with Gasteiger partial charge in [0.15, 0.2) is 0 Å². The highest BCUT2D eigenvalue weighted by Crippen LogP contribution is 2.42. The molecule has 0 saturated carbocycles. The van der Waals surface area contributed by atoms with Crippen molar-refractivity contribution in [2.24, 2.45) is 0 Å². The maximum Gasteiger partial charge on any atom is 0.0670 e. The third kappa shape index (κ3) is 4.29. The zero-order chi connectivity index (χ0) is 13.7. The highest BCUT2D eigenvalue weighted by molar-refractivity contribution is 7.86. The molecule has 2 unspecified atom stereocenters. The summed E-state index contributed by atoms with van der Waals surface area (Å²) in [6, 6.07) is 0. The van der Waals surface area contributed by atoms with Crippen LogP contribution in [-0.4, -0.2) is 25.4 Å². The zero-order valence-electron chi connectivity index (χ0n) is 12.4. The van der Waals surface area contributed by atoms with Crippen molar-refractivity contribution in [2.75, 3.05) is 0 Å². The number of unbranched alkanes of at least 4 members (excludes halogenated alkanes) is 6. The molecule has 3 heteroatoms. The Kier molecular flexibility index (Phi) is 5.88. The fraction of sp³-hybridized carbons (Fsp3) is 1.00. The van der Waals surface area contributed by atoms with E-state index in [-0.39, 0.29) is 0 Å². The van der Waals surface area contributed by atoms with Gasteiger partial charge in [-0.25, -0.2) is 0 Å². The molecule has 2 saturated heterocycles. The molecule has 2 heterocycles. The summed E-state index contributed by atoms with van der Waals surface area (Å²) < 4.78 is 12.0. The lowest BCUT2D eigenvalue weighted by Crippen LogP contribution is -2.42. The van der Waals surface area contributed by atoms with Crippen molar-refractivity contribution in [1.82, 2.24) is 0 Å². The highest BCUT2D eigenvalue weighted by atomic mass is 32.2. The van der Waals surface area contributed by atoms with Crippen LogP contribution in [0.1, 0.15) is 84.0 Å². The van der Waals surface area contributed by atoms with Crippen molar-refractivity contribution in [2.45, 2.75) is 100 Å². The summed E-state index contributed by atoms with van der Waals surface area (Å²) in [5.74, 6) is 0. The number of hydrogen-bond donors (Lipinski definition) is 1. The number of rotatable bonds is 8. The summed E-state index contributed by atoms with van der Waals surface area (Å²) in [4.78, 5) is 0. The monoisotopic (exact) mass is 286 g/mol. The number of fused-ring (bicyclic) bond motifs is 2. The number of hydrogen-bond acceptors (Lipinski definition) is 2. The Hall–Kier alpha value is 0.110. The van der Waals surface area contributed by atoms with E-state index in [9.17, 15) is 9.32 Å². The van der Waals surface area contributed by atoms with Gasteiger partial charge in [-0.3, -0.25) is 4.21 Å². The minimum Gasteiger partial charge on any atom is -0.390 e. The van der Waals surface area contributed by atoms with Crippen molar-refractivity contribution < 1.29 is 9.32 Å². The second-order valence-electron chi connectivity index (χ2n) is 6.65. The topological polar surface area (TPSA) is 37.3 Å². The van der Waals surface area contributed by atoms with Crippen molar-refractivity contribution >= 4 is 10.8 Å². The van der Waals surface area contributed by atoms with E-state index in [1.807, 2.05) is 0 Å². The molecule has 2 aliphatic rings. The Bertz CT molecular complexity index is 287. The highest BCUT2D eigenvalue weighted by Gasteiger charge is 2.46. The van der Waals surface area contributed by atoms with Gasteiger partial charge < -0.3 is 5.11 Å². The molecular formula is C16H30O2S. The van der Waals surface area contributed by atoms with Crippen molar-refractivity contribution in [3.63, 3.8) is 0 Å². The fourth-order valence-corrected chi connectivity index (χ4v) is 6.02. The Morgan fingerprint density at radius 1 is 1.00 bits per heavy atom. The third-order valence-corrected chi connectivity index (χ3v) is 7.05. The first-order valence-electron chi connectivity index (χ1n) is 8.26. The molecule has 112 valence electrons. The average molecular weight is 286 g/mol. The molecule has 2 nitrogen and oxygen atoms in total. The first-order valence-corrected chi connectivity index (χ1v) is 9.54. The minimum absolute atomic E-state index is 0.299. The summed E-state index contributed by atoms with van der Waals surface area (Å²) in [5.41, 5.74) is -0.483. The molecule has 0 radical (unpaired) electrons. The molecule has 2 rings (SSSR count). The van der Waals surface area contributed by atoms with Crippen LogP contribution in [0.2, 0.25) is 0 Å². The summed E-state index contributed by atoms with van der Waals surface area (Å²) in [5, 5.41) is 11.3. The van der Waals surface area contributed by atoms with E-state index in [2.05, 4.69) is 6.92 Å². The summed E-state index contributed by atoms with van der Waals surface area (Å²) in [7, 11) is -0.638. The van der Waals surface area contributed by atoms with E-state index < -0.39 is 16.4 Å². The van der Waals surface area contributed by atoms with Crippen LogP contribution in [0.15, 0.2) is 0 Å². The Labute approximate surface area is 120 Å². The van der Waals surface area contributed by atoms with Gasteiger partial charge in [0.2, 0.25) is 0 Å². The zero-order valence-corrected chi connectivity index (χ0v) is 13.2. The maximum atomic E-state index is 12.0. The Morgan fingerprint density at radius 3 is 2.11 bits per heavy atom. The summed E-state index contributed by atoms with van der Waals surface area (Å²) in [6.07, 6.45) is 13.8. The van der Waals surface area contributed by atoms with Crippen molar-refractivity contribution in [1.29, 1.82) is 0 Å². The molecule has 0 aliphatic carbocycles. The van der Waals surface area contributed by atoms with E-state index in [0.717, 1.165) is 38.5 Å². The van der Waals surface area contributed by atoms with Crippen LogP contribution in [0.5, 0.6) is 0 Å². The molecule has 0 spiro atoms. The van der Waals surface area contributed by atoms with Crippen LogP contribution in [0.4, 0.5) is 0 Å². The van der Waals surface area contributed by atoms with E-state index >= 15 is 0 Å². The van der Waals surface area contributed by atoms with E-state index in [4.69, 9.17) is 0 Å². The SMILES string of the molecule is CCCCCCCCCC1(O)CC2CCC(C1)S2=O. The normalized spacial score (nSPS) is 37.7. The second kappa shape index (κ2) is 7.21. The second-order valence-corrected chi connectivity index (χ2v) is 8.64. The molecule has 0 aromatic heterocycles. The van der Waals surface area contributed by atoms with Gasteiger partial charge in [0.1, 0.15) is 0 Å². The molecule has 0 aromatic rings. The predicted molar refractivity (Wildman–Crippen MR) is 81.7 cm³/mol. The van der Waals surface area contributed by atoms with Gasteiger partial charge in [-0.15, -0.1) is 0 Å². The van der Waals surface area contributed by atoms with Gasteiger partial charge in [-0.1, -0.05) is 51.9 Å². The molecule has 2 atom stereocenters. The van der Waals surface area contributed by atoms with Gasteiger partial charge in [0.25, 0.3) is 0 Å². The average Bonchev–Trinajstić information content (AvgIpc) is 2.62. The van der Waals surface area contributed by atoms with Crippen LogP contribution in [0.3, 0.4) is 0 Å². The smallest absolute Gasteiger partial charge is 0.0670 e. The molecule has 2 bridgehead atoms. The largest absolute Gasteiger partial charge is 0.390 e. The van der Waals surface area contributed by atoms with E-state index in [1.54, 1.807) is 0 Å². The summed E-state index contributed by atoms with van der Waals surface area (Å²) >= 11 is 0. The molecule has 0 aromatic carbocycles. The maximum absolute atomic E-state index is 12.0. The molecule has 2 aliphatic heterocycles. The minimum atomic E-state index is -0.638. The standard InChI is InChI=1S/C16H30O2S/c1-2-3-4-5-6-7-8-11-16(17)12-14-9-10-15(13-16)19(14)18/h14-15,17H,2-13H2,1H3. The fourth-order valence-electron chi connectivity index (χ4n) is 3.79. The molecule has 2 fully saturated rings. The first-order chi connectivity index (χ1) is 9.14.